The number of halogens is 3. The molecule has 1 saturated heterocycles. The van der Waals surface area contributed by atoms with Crippen molar-refractivity contribution in [1.82, 2.24) is 15.1 Å². The van der Waals surface area contributed by atoms with Gasteiger partial charge in [-0.3, -0.25) is 9.69 Å². The molecule has 150 valence electrons. The van der Waals surface area contributed by atoms with Gasteiger partial charge in [-0.1, -0.05) is 29.8 Å². The Bertz CT molecular complexity index is 834. The molecule has 1 unspecified atom stereocenters. The average Bonchev–Trinajstić information content (AvgIpc) is 2.69. The molecule has 0 radical (unpaired) electrons. The van der Waals surface area contributed by atoms with E-state index in [9.17, 15) is 18.0 Å². The van der Waals surface area contributed by atoms with Gasteiger partial charge < -0.3 is 10.2 Å². The third-order valence-electron chi connectivity index (χ3n) is 5.18. The molecule has 4 nitrogen and oxygen atoms in total. The number of hydrogen-bond donors (Lipinski definition) is 1. The maximum atomic E-state index is 13.9. The fraction of sp³-hybridized carbons (Fsp3) is 0.381. The van der Waals surface area contributed by atoms with Crippen LogP contribution in [0.25, 0.3) is 0 Å². The van der Waals surface area contributed by atoms with Gasteiger partial charge in [0, 0.05) is 32.7 Å². The zero-order valence-electron chi connectivity index (χ0n) is 16.0. The molecular weight excluding hydrogens is 367 g/mol. The minimum absolute atomic E-state index is 0.0911. The second kappa shape index (κ2) is 8.75. The van der Waals surface area contributed by atoms with Crippen LogP contribution in [0.2, 0.25) is 0 Å². The number of hydrogen-bond acceptors (Lipinski definition) is 3. The number of amides is 1. The minimum Gasteiger partial charge on any atom is -0.350 e. The number of piperazine rings is 1. The zero-order valence-corrected chi connectivity index (χ0v) is 16.0. The number of nitrogens with one attached hydrogen (secondary N) is 1. The molecule has 0 saturated carbocycles. The Labute approximate surface area is 162 Å². The number of aryl methyl sites for hydroxylation is 1. The molecule has 2 aromatic carbocycles. The summed E-state index contributed by atoms with van der Waals surface area (Å²) in [4.78, 5) is 16.9. The van der Waals surface area contributed by atoms with Crippen molar-refractivity contribution in [2.45, 2.75) is 13.0 Å². The highest BCUT2D eigenvalue weighted by atomic mass is 19.2. The molecule has 0 spiro atoms. The molecular formula is C21H24F3N3O. The van der Waals surface area contributed by atoms with Crippen LogP contribution in [0, 0.1) is 24.4 Å². The third kappa shape index (κ3) is 4.54. The first-order valence-electron chi connectivity index (χ1n) is 9.27. The van der Waals surface area contributed by atoms with Crippen molar-refractivity contribution in [2.24, 2.45) is 0 Å². The Morgan fingerprint density at radius 1 is 1.00 bits per heavy atom. The second-order valence-corrected chi connectivity index (χ2v) is 7.20. The van der Waals surface area contributed by atoms with Crippen molar-refractivity contribution in [1.29, 1.82) is 0 Å². The summed E-state index contributed by atoms with van der Waals surface area (Å²) in [5, 5.41) is 2.68. The molecule has 1 fully saturated rings. The normalized spacial score (nSPS) is 16.8. The molecule has 1 N–H and O–H groups in total. The van der Waals surface area contributed by atoms with E-state index in [1.165, 1.54) is 0 Å². The van der Waals surface area contributed by atoms with Gasteiger partial charge in [-0.2, -0.15) is 0 Å². The summed E-state index contributed by atoms with van der Waals surface area (Å²) in [5.41, 5.74) is 1.68. The zero-order chi connectivity index (χ0) is 20.3. The summed E-state index contributed by atoms with van der Waals surface area (Å²) in [7, 11) is 2.06. The summed E-state index contributed by atoms with van der Waals surface area (Å²) >= 11 is 0. The lowest BCUT2D eigenvalue weighted by molar-refractivity contribution is 0.0882. The van der Waals surface area contributed by atoms with Gasteiger partial charge in [-0.05, 0) is 31.7 Å². The predicted octanol–water partition coefficient (Wildman–Crippen LogP) is 3.13. The van der Waals surface area contributed by atoms with Crippen LogP contribution < -0.4 is 5.32 Å². The molecule has 3 rings (SSSR count). The number of benzene rings is 2. The topological polar surface area (TPSA) is 35.6 Å². The second-order valence-electron chi connectivity index (χ2n) is 7.20. The minimum atomic E-state index is -1.64. The van der Waals surface area contributed by atoms with Crippen LogP contribution in [0.5, 0.6) is 0 Å². The summed E-state index contributed by atoms with van der Waals surface area (Å²) < 4.78 is 40.5. The van der Waals surface area contributed by atoms with Crippen LogP contribution in [0.15, 0.2) is 36.4 Å². The van der Waals surface area contributed by atoms with E-state index in [-0.39, 0.29) is 12.6 Å². The SMILES string of the molecule is Cc1ccc(C(CNC(=O)c2ccc(F)c(F)c2F)N2CCN(C)CC2)cc1. The van der Waals surface area contributed by atoms with E-state index in [2.05, 4.69) is 22.2 Å². The molecule has 1 aliphatic rings. The molecule has 7 heteroatoms. The first-order valence-corrected chi connectivity index (χ1v) is 9.27. The Morgan fingerprint density at radius 3 is 2.29 bits per heavy atom. The highest BCUT2D eigenvalue weighted by molar-refractivity contribution is 5.94. The van der Waals surface area contributed by atoms with Crippen LogP contribution in [-0.2, 0) is 0 Å². The number of nitrogens with zero attached hydrogens (tertiary/aromatic N) is 2. The van der Waals surface area contributed by atoms with E-state index in [1.807, 2.05) is 31.2 Å². The van der Waals surface area contributed by atoms with E-state index in [0.29, 0.717) is 0 Å². The highest BCUT2D eigenvalue weighted by Crippen LogP contribution is 2.23. The molecule has 0 bridgehead atoms. The Hall–Kier alpha value is -2.38. The van der Waals surface area contributed by atoms with Crippen molar-refractivity contribution in [2.75, 3.05) is 39.8 Å². The van der Waals surface area contributed by atoms with E-state index in [1.54, 1.807) is 0 Å². The van der Waals surface area contributed by atoms with Gasteiger partial charge in [-0.25, -0.2) is 13.2 Å². The molecule has 1 heterocycles. The van der Waals surface area contributed by atoms with E-state index in [0.717, 1.165) is 49.4 Å². The molecule has 2 aromatic rings. The van der Waals surface area contributed by atoms with Crippen molar-refractivity contribution >= 4 is 5.91 Å². The molecule has 1 amide bonds. The van der Waals surface area contributed by atoms with Crippen LogP contribution in [0.1, 0.15) is 27.5 Å². The summed E-state index contributed by atoms with van der Waals surface area (Å²) in [6, 6.07) is 9.67. The Balaban J connectivity index is 1.77. The van der Waals surface area contributed by atoms with Crippen LogP contribution in [0.3, 0.4) is 0 Å². The van der Waals surface area contributed by atoms with E-state index >= 15 is 0 Å². The van der Waals surface area contributed by atoms with Crippen molar-refractivity contribution in [3.63, 3.8) is 0 Å². The lowest BCUT2D eigenvalue weighted by atomic mass is 10.0. The summed E-state index contributed by atoms with van der Waals surface area (Å²) in [6.45, 7) is 5.74. The Kier molecular flexibility index (Phi) is 6.36. The fourth-order valence-corrected chi connectivity index (χ4v) is 3.37. The van der Waals surface area contributed by atoms with E-state index < -0.39 is 28.9 Å². The first kappa shape index (κ1) is 20.4. The quantitative estimate of drug-likeness (QED) is 0.796. The molecule has 0 aromatic heterocycles. The average molecular weight is 391 g/mol. The maximum absolute atomic E-state index is 13.9. The van der Waals surface area contributed by atoms with Crippen LogP contribution in [0.4, 0.5) is 13.2 Å². The van der Waals surface area contributed by atoms with Gasteiger partial charge in [0.2, 0.25) is 0 Å². The smallest absolute Gasteiger partial charge is 0.254 e. The summed E-state index contributed by atoms with van der Waals surface area (Å²) in [5.74, 6) is -5.18. The fourth-order valence-electron chi connectivity index (χ4n) is 3.37. The number of likely N-dealkylation sites (N-methyl/N-ethyl adjacent to an activating group) is 1. The first-order chi connectivity index (χ1) is 13.4. The lowest BCUT2D eigenvalue weighted by Gasteiger charge is -2.38. The van der Waals surface area contributed by atoms with Gasteiger partial charge >= 0.3 is 0 Å². The van der Waals surface area contributed by atoms with Crippen LogP contribution in [-0.4, -0.2) is 55.5 Å². The van der Waals surface area contributed by atoms with Gasteiger partial charge in [0.25, 0.3) is 5.91 Å². The van der Waals surface area contributed by atoms with Gasteiger partial charge in [0.05, 0.1) is 11.6 Å². The standard InChI is InChI=1S/C21H24F3N3O/c1-14-3-5-15(6-4-14)18(27-11-9-26(2)10-12-27)13-25-21(28)16-7-8-17(22)20(24)19(16)23/h3-8,18H,9-13H2,1-2H3,(H,25,28). The largest absolute Gasteiger partial charge is 0.350 e. The van der Waals surface area contributed by atoms with Gasteiger partial charge in [0.1, 0.15) is 0 Å². The van der Waals surface area contributed by atoms with E-state index in [4.69, 9.17) is 0 Å². The Morgan fingerprint density at radius 2 is 1.64 bits per heavy atom. The van der Waals surface area contributed by atoms with Crippen LogP contribution >= 0.6 is 0 Å². The predicted molar refractivity (Wildman–Crippen MR) is 102 cm³/mol. The van der Waals surface area contributed by atoms with Crippen molar-refractivity contribution in [3.05, 3.63) is 70.5 Å². The monoisotopic (exact) mass is 391 g/mol. The number of rotatable bonds is 5. The van der Waals surface area contributed by atoms with Crippen molar-refractivity contribution < 1.29 is 18.0 Å². The third-order valence-corrected chi connectivity index (χ3v) is 5.18. The summed E-state index contributed by atoms with van der Waals surface area (Å²) in [6.07, 6.45) is 0. The van der Waals surface area contributed by atoms with Gasteiger partial charge in [0.15, 0.2) is 17.5 Å². The molecule has 0 aliphatic carbocycles. The maximum Gasteiger partial charge on any atom is 0.254 e. The molecule has 28 heavy (non-hydrogen) atoms. The number of carbonyl (C=O) groups excluding carboxylic acids is 1. The lowest BCUT2D eigenvalue weighted by Crippen LogP contribution is -2.48. The van der Waals surface area contributed by atoms with Crippen molar-refractivity contribution in [3.8, 4) is 0 Å². The molecule has 1 atom stereocenters. The van der Waals surface area contributed by atoms with Gasteiger partial charge in [-0.15, -0.1) is 0 Å². The molecule has 1 aliphatic heterocycles. The number of carbonyl (C=O) groups is 1. The highest BCUT2D eigenvalue weighted by Gasteiger charge is 2.25.